The Labute approximate surface area is 171 Å². The van der Waals surface area contributed by atoms with Crippen molar-refractivity contribution in [2.45, 2.75) is 52.0 Å². The summed E-state index contributed by atoms with van der Waals surface area (Å²) in [6, 6.07) is 4.22. The van der Waals surface area contributed by atoms with Gasteiger partial charge in [-0.05, 0) is 70.1 Å². The number of benzene rings is 1. The molecule has 2 N–H and O–H groups in total. The third-order valence-electron chi connectivity index (χ3n) is 5.60. The Hall–Kier alpha value is -1.66. The molecule has 2 aliphatic rings. The molecule has 5 nitrogen and oxygen atoms in total. The Morgan fingerprint density at radius 1 is 1.25 bits per heavy atom. The zero-order valence-electron chi connectivity index (χ0n) is 16.8. The molecule has 1 aliphatic heterocycles. The second-order valence-corrected chi connectivity index (χ2v) is 9.74. The van der Waals surface area contributed by atoms with Gasteiger partial charge in [0.2, 0.25) is 11.8 Å². The Kier molecular flexibility index (Phi) is 6.01. The van der Waals surface area contributed by atoms with Gasteiger partial charge in [-0.3, -0.25) is 14.5 Å². The molecule has 0 bridgehead atoms. The topological polar surface area (TPSA) is 61.4 Å². The van der Waals surface area contributed by atoms with Crippen molar-refractivity contribution >= 4 is 29.1 Å². The van der Waals surface area contributed by atoms with Gasteiger partial charge in [-0.25, -0.2) is 4.39 Å². The molecule has 1 spiro atoms. The average molecular weight is 410 g/mol. The number of likely N-dealkylation sites (tertiary alicyclic amines) is 1. The second-order valence-electron chi connectivity index (χ2n) is 9.34. The standard InChI is InChI=1S/C21H29ClFN3O2/c1-20(2,3)25-18(27)11-26-12-21(13-26)8-6-14(7-9-21)19(28)24-15-4-5-17(23)16(22)10-15/h4-5,10,14H,6-9,11-13H2,1-3H3,(H,24,28)(H,25,27). The van der Waals surface area contributed by atoms with E-state index in [1.54, 1.807) is 0 Å². The van der Waals surface area contributed by atoms with Crippen LogP contribution in [0.4, 0.5) is 10.1 Å². The summed E-state index contributed by atoms with van der Waals surface area (Å²) < 4.78 is 13.2. The van der Waals surface area contributed by atoms with Crippen molar-refractivity contribution in [1.82, 2.24) is 10.2 Å². The number of halogens is 2. The molecule has 0 radical (unpaired) electrons. The first-order valence-electron chi connectivity index (χ1n) is 9.85. The van der Waals surface area contributed by atoms with Gasteiger partial charge in [0.05, 0.1) is 11.6 Å². The lowest BCUT2D eigenvalue weighted by molar-refractivity contribution is -0.129. The highest BCUT2D eigenvalue weighted by Gasteiger charge is 2.46. The number of rotatable bonds is 4. The lowest BCUT2D eigenvalue weighted by atomic mass is 9.65. The van der Waals surface area contributed by atoms with Crippen LogP contribution in [-0.4, -0.2) is 41.9 Å². The summed E-state index contributed by atoms with van der Waals surface area (Å²) in [6.45, 7) is 8.23. The number of anilines is 1. The zero-order valence-corrected chi connectivity index (χ0v) is 17.5. The minimum Gasteiger partial charge on any atom is -0.350 e. The predicted molar refractivity (Wildman–Crippen MR) is 109 cm³/mol. The Bertz CT molecular complexity index is 747. The van der Waals surface area contributed by atoms with Gasteiger partial charge in [-0.1, -0.05) is 11.6 Å². The summed E-state index contributed by atoms with van der Waals surface area (Å²) in [5, 5.41) is 5.85. The smallest absolute Gasteiger partial charge is 0.234 e. The van der Waals surface area contributed by atoms with E-state index >= 15 is 0 Å². The second kappa shape index (κ2) is 7.99. The van der Waals surface area contributed by atoms with Gasteiger partial charge in [-0.2, -0.15) is 0 Å². The molecule has 0 unspecified atom stereocenters. The largest absolute Gasteiger partial charge is 0.350 e. The Balaban J connectivity index is 1.43. The average Bonchev–Trinajstić information content (AvgIpc) is 2.55. The molecule has 28 heavy (non-hydrogen) atoms. The summed E-state index contributed by atoms with van der Waals surface area (Å²) in [5.74, 6) is -0.496. The first-order chi connectivity index (χ1) is 13.1. The van der Waals surface area contributed by atoms with Crippen LogP contribution in [0, 0.1) is 17.2 Å². The minimum atomic E-state index is -0.495. The van der Waals surface area contributed by atoms with Crippen molar-refractivity contribution in [3.8, 4) is 0 Å². The fourth-order valence-electron chi connectivity index (χ4n) is 4.30. The molecule has 2 amide bonds. The fraction of sp³-hybridized carbons (Fsp3) is 0.619. The van der Waals surface area contributed by atoms with Crippen molar-refractivity contribution < 1.29 is 14.0 Å². The number of nitrogens with zero attached hydrogens (tertiary/aromatic N) is 1. The first kappa shape index (κ1) is 21.1. The minimum absolute atomic E-state index is 0.00505. The van der Waals surface area contributed by atoms with E-state index in [4.69, 9.17) is 11.6 Å². The molecule has 2 fully saturated rings. The molecule has 1 aromatic rings. The van der Waals surface area contributed by atoms with Crippen molar-refractivity contribution in [1.29, 1.82) is 0 Å². The van der Waals surface area contributed by atoms with Crippen LogP contribution in [0.25, 0.3) is 0 Å². The highest BCUT2D eigenvalue weighted by atomic mass is 35.5. The van der Waals surface area contributed by atoms with E-state index in [2.05, 4.69) is 15.5 Å². The molecule has 0 atom stereocenters. The van der Waals surface area contributed by atoms with E-state index in [0.717, 1.165) is 38.8 Å². The number of amides is 2. The van der Waals surface area contributed by atoms with Gasteiger partial charge in [-0.15, -0.1) is 0 Å². The van der Waals surface area contributed by atoms with Crippen molar-refractivity contribution in [3.05, 3.63) is 29.0 Å². The number of carbonyl (C=O) groups is 2. The summed E-state index contributed by atoms with van der Waals surface area (Å²) in [7, 11) is 0. The summed E-state index contributed by atoms with van der Waals surface area (Å²) in [6.07, 6.45) is 3.66. The van der Waals surface area contributed by atoms with Gasteiger partial charge >= 0.3 is 0 Å². The highest BCUT2D eigenvalue weighted by molar-refractivity contribution is 6.31. The van der Waals surface area contributed by atoms with Gasteiger partial charge in [0.1, 0.15) is 5.82 Å². The fourth-order valence-corrected chi connectivity index (χ4v) is 4.48. The van der Waals surface area contributed by atoms with Crippen LogP contribution in [0.5, 0.6) is 0 Å². The molecule has 1 saturated carbocycles. The zero-order chi connectivity index (χ0) is 20.5. The molecule has 0 aromatic heterocycles. The van der Waals surface area contributed by atoms with Crippen LogP contribution < -0.4 is 10.6 Å². The number of hydrogen-bond acceptors (Lipinski definition) is 3. The lowest BCUT2D eigenvalue weighted by Gasteiger charge is -2.53. The third kappa shape index (κ3) is 5.23. The van der Waals surface area contributed by atoms with Gasteiger partial charge in [0, 0.05) is 30.2 Å². The maximum Gasteiger partial charge on any atom is 0.234 e. The van der Waals surface area contributed by atoms with E-state index in [-0.39, 0.29) is 33.7 Å². The summed E-state index contributed by atoms with van der Waals surface area (Å²) >= 11 is 5.77. The molecular formula is C21H29ClFN3O2. The Morgan fingerprint density at radius 2 is 1.89 bits per heavy atom. The molecule has 3 rings (SSSR count). The van der Waals surface area contributed by atoms with Crippen LogP contribution >= 0.6 is 11.6 Å². The molecule has 1 saturated heterocycles. The molecular weight excluding hydrogens is 381 g/mol. The quantitative estimate of drug-likeness (QED) is 0.794. The number of nitrogens with one attached hydrogen (secondary N) is 2. The molecule has 1 aromatic carbocycles. The van der Waals surface area contributed by atoms with Crippen LogP contribution in [0.2, 0.25) is 5.02 Å². The van der Waals surface area contributed by atoms with Crippen LogP contribution in [0.3, 0.4) is 0 Å². The van der Waals surface area contributed by atoms with Crippen molar-refractivity contribution in [3.63, 3.8) is 0 Å². The van der Waals surface area contributed by atoms with Crippen molar-refractivity contribution in [2.75, 3.05) is 25.0 Å². The van der Waals surface area contributed by atoms with Gasteiger partial charge < -0.3 is 10.6 Å². The SMILES string of the molecule is CC(C)(C)NC(=O)CN1CC2(CCC(C(=O)Nc3ccc(F)c(Cl)c3)CC2)C1. The van der Waals surface area contributed by atoms with E-state index in [0.29, 0.717) is 12.2 Å². The normalized spacial score (nSPS) is 19.9. The number of hydrogen-bond donors (Lipinski definition) is 2. The van der Waals surface area contributed by atoms with Crippen LogP contribution in [0.1, 0.15) is 46.5 Å². The van der Waals surface area contributed by atoms with Crippen LogP contribution in [0.15, 0.2) is 18.2 Å². The van der Waals surface area contributed by atoms with Crippen LogP contribution in [-0.2, 0) is 9.59 Å². The van der Waals surface area contributed by atoms with E-state index in [9.17, 15) is 14.0 Å². The molecule has 1 aliphatic carbocycles. The third-order valence-corrected chi connectivity index (χ3v) is 5.89. The van der Waals surface area contributed by atoms with E-state index in [1.165, 1.54) is 18.2 Å². The van der Waals surface area contributed by atoms with Gasteiger partial charge in [0.15, 0.2) is 0 Å². The molecule has 7 heteroatoms. The van der Waals surface area contributed by atoms with E-state index in [1.807, 2.05) is 20.8 Å². The first-order valence-corrected chi connectivity index (χ1v) is 10.2. The molecule has 154 valence electrons. The highest BCUT2D eigenvalue weighted by Crippen LogP contribution is 2.45. The van der Waals surface area contributed by atoms with Crippen molar-refractivity contribution in [2.24, 2.45) is 11.3 Å². The maximum absolute atomic E-state index is 13.2. The summed E-state index contributed by atoms with van der Waals surface area (Å²) in [5.41, 5.74) is 0.564. The monoisotopic (exact) mass is 409 g/mol. The predicted octanol–water partition coefficient (Wildman–Crippen LogP) is 3.82. The van der Waals surface area contributed by atoms with Gasteiger partial charge in [0.25, 0.3) is 0 Å². The molecule has 1 heterocycles. The maximum atomic E-state index is 13.2. The van der Waals surface area contributed by atoms with E-state index < -0.39 is 5.82 Å². The number of carbonyl (C=O) groups excluding carboxylic acids is 2. The Morgan fingerprint density at radius 3 is 2.46 bits per heavy atom. The summed E-state index contributed by atoms with van der Waals surface area (Å²) in [4.78, 5) is 26.7. The lowest BCUT2D eigenvalue weighted by Crippen LogP contribution is -2.60.